The van der Waals surface area contributed by atoms with Gasteiger partial charge < -0.3 is 13.9 Å². The average molecular weight is 314 g/mol. The van der Waals surface area contributed by atoms with E-state index >= 15 is 0 Å². The van der Waals surface area contributed by atoms with Gasteiger partial charge in [0.1, 0.15) is 17.6 Å². The molecular formula is C20H26O3. The van der Waals surface area contributed by atoms with E-state index in [0.717, 1.165) is 37.4 Å². The Balaban J connectivity index is 0.000000136. The van der Waals surface area contributed by atoms with Crippen molar-refractivity contribution in [3.63, 3.8) is 0 Å². The Morgan fingerprint density at radius 3 is 2.61 bits per heavy atom. The zero-order chi connectivity index (χ0) is 16.3. The lowest BCUT2D eigenvalue weighted by Crippen LogP contribution is -2.17. The second-order valence-corrected chi connectivity index (χ2v) is 7.15. The second-order valence-electron chi connectivity index (χ2n) is 7.15. The number of ether oxygens (including phenoxy) is 2. The minimum Gasteiger partial charge on any atom is -0.493 e. The van der Waals surface area contributed by atoms with Crippen LogP contribution in [0.25, 0.3) is 0 Å². The Morgan fingerprint density at radius 1 is 1.09 bits per heavy atom. The lowest BCUT2D eigenvalue weighted by molar-refractivity contribution is -0.0249. The number of para-hydroxylation sites is 1. The maximum Gasteiger partial charge on any atom is 0.132 e. The normalized spacial score (nSPS) is 25.0. The van der Waals surface area contributed by atoms with Crippen molar-refractivity contribution in [1.29, 1.82) is 0 Å². The van der Waals surface area contributed by atoms with Crippen LogP contribution in [0, 0.1) is 5.92 Å². The molecule has 0 bridgehead atoms. The molecule has 2 unspecified atom stereocenters. The van der Waals surface area contributed by atoms with Crippen LogP contribution in [0.1, 0.15) is 51.0 Å². The van der Waals surface area contributed by atoms with Crippen molar-refractivity contribution in [2.24, 2.45) is 5.92 Å². The highest BCUT2D eigenvalue weighted by Crippen LogP contribution is 2.38. The molecule has 2 aliphatic heterocycles. The standard InChI is InChI=1S/C10H14O2.C10H12O/c1-10(2)6-5-9(12-10)8-4-3-7-11-8;1-8-6-9-4-2-3-5-10(9)11-7-8/h3-4,7,9H,5-6H2,1-2H3;2-5,8H,6-7H2,1H3. The first kappa shape index (κ1) is 16.1. The van der Waals surface area contributed by atoms with E-state index in [1.54, 1.807) is 6.26 Å². The summed E-state index contributed by atoms with van der Waals surface area (Å²) in [5.74, 6) is 2.70. The van der Waals surface area contributed by atoms with E-state index in [-0.39, 0.29) is 11.7 Å². The van der Waals surface area contributed by atoms with Gasteiger partial charge in [0.05, 0.1) is 18.5 Å². The largest absolute Gasteiger partial charge is 0.493 e. The van der Waals surface area contributed by atoms with Crippen LogP contribution in [-0.4, -0.2) is 12.2 Å². The number of furan rings is 1. The summed E-state index contributed by atoms with van der Waals surface area (Å²) in [6.45, 7) is 7.33. The molecule has 0 N–H and O–H groups in total. The van der Waals surface area contributed by atoms with Crippen LogP contribution in [0.3, 0.4) is 0 Å². The Kier molecular flexibility index (Phi) is 4.76. The van der Waals surface area contributed by atoms with Gasteiger partial charge in [-0.05, 0) is 62.8 Å². The van der Waals surface area contributed by atoms with Crippen LogP contribution in [0.15, 0.2) is 47.1 Å². The van der Waals surface area contributed by atoms with Crippen molar-refractivity contribution < 1.29 is 13.9 Å². The van der Waals surface area contributed by atoms with Crippen molar-refractivity contribution >= 4 is 0 Å². The molecule has 2 atom stereocenters. The zero-order valence-electron chi connectivity index (χ0n) is 14.2. The van der Waals surface area contributed by atoms with Crippen LogP contribution in [0.5, 0.6) is 5.75 Å². The third kappa shape index (κ3) is 4.17. The van der Waals surface area contributed by atoms with Gasteiger partial charge in [0.2, 0.25) is 0 Å². The van der Waals surface area contributed by atoms with Gasteiger partial charge in [-0.3, -0.25) is 0 Å². The molecule has 4 rings (SSSR count). The third-order valence-corrected chi connectivity index (χ3v) is 4.39. The summed E-state index contributed by atoms with van der Waals surface area (Å²) >= 11 is 0. The summed E-state index contributed by atoms with van der Waals surface area (Å²) in [6.07, 6.45) is 5.22. The van der Waals surface area contributed by atoms with E-state index in [2.05, 4.69) is 32.9 Å². The molecule has 1 aromatic heterocycles. The van der Waals surface area contributed by atoms with Gasteiger partial charge >= 0.3 is 0 Å². The van der Waals surface area contributed by atoms with Gasteiger partial charge in [0.25, 0.3) is 0 Å². The van der Waals surface area contributed by atoms with Crippen LogP contribution < -0.4 is 4.74 Å². The summed E-state index contributed by atoms with van der Waals surface area (Å²) in [5.41, 5.74) is 1.38. The first-order valence-electron chi connectivity index (χ1n) is 8.45. The highest BCUT2D eigenvalue weighted by molar-refractivity contribution is 5.34. The van der Waals surface area contributed by atoms with E-state index in [0.29, 0.717) is 5.92 Å². The van der Waals surface area contributed by atoms with Crippen molar-refractivity contribution in [2.75, 3.05) is 6.61 Å². The summed E-state index contributed by atoms with van der Waals surface area (Å²) in [6, 6.07) is 12.2. The molecule has 0 saturated carbocycles. The van der Waals surface area contributed by atoms with Gasteiger partial charge in [-0.2, -0.15) is 0 Å². The van der Waals surface area contributed by atoms with Gasteiger partial charge in [-0.25, -0.2) is 0 Å². The summed E-state index contributed by atoms with van der Waals surface area (Å²) in [5, 5.41) is 0. The highest BCUT2D eigenvalue weighted by Gasteiger charge is 2.33. The molecule has 23 heavy (non-hydrogen) atoms. The summed E-state index contributed by atoms with van der Waals surface area (Å²) in [4.78, 5) is 0. The highest BCUT2D eigenvalue weighted by atomic mass is 16.5. The van der Waals surface area contributed by atoms with Gasteiger partial charge in [0.15, 0.2) is 0 Å². The monoisotopic (exact) mass is 314 g/mol. The van der Waals surface area contributed by atoms with Crippen LogP contribution in [0.2, 0.25) is 0 Å². The van der Waals surface area contributed by atoms with E-state index in [4.69, 9.17) is 13.9 Å². The maximum atomic E-state index is 5.80. The molecule has 2 aromatic rings. The van der Waals surface area contributed by atoms with Crippen molar-refractivity contribution in [1.82, 2.24) is 0 Å². The fourth-order valence-corrected chi connectivity index (χ4v) is 3.14. The molecule has 0 amide bonds. The third-order valence-electron chi connectivity index (χ3n) is 4.39. The Bertz CT molecular complexity index is 616. The second kappa shape index (κ2) is 6.79. The molecule has 3 heterocycles. The van der Waals surface area contributed by atoms with E-state index in [9.17, 15) is 0 Å². The quantitative estimate of drug-likeness (QED) is 0.728. The van der Waals surface area contributed by atoms with Crippen LogP contribution in [0.4, 0.5) is 0 Å². The number of hydrogen-bond acceptors (Lipinski definition) is 3. The number of benzene rings is 1. The van der Waals surface area contributed by atoms with Crippen molar-refractivity contribution in [2.45, 2.75) is 51.7 Å². The van der Waals surface area contributed by atoms with Gasteiger partial charge in [0, 0.05) is 0 Å². The fourth-order valence-electron chi connectivity index (χ4n) is 3.14. The first-order valence-corrected chi connectivity index (χ1v) is 8.45. The van der Waals surface area contributed by atoms with Crippen LogP contribution in [-0.2, 0) is 11.2 Å². The minimum atomic E-state index is 0.0253. The Morgan fingerprint density at radius 2 is 1.91 bits per heavy atom. The molecule has 1 fully saturated rings. The maximum absolute atomic E-state index is 5.80. The topological polar surface area (TPSA) is 31.6 Å². The van der Waals surface area contributed by atoms with Crippen molar-refractivity contribution in [3.8, 4) is 5.75 Å². The average Bonchev–Trinajstić information content (AvgIpc) is 3.17. The Labute approximate surface area is 138 Å². The number of hydrogen-bond donors (Lipinski definition) is 0. The molecule has 0 radical (unpaired) electrons. The zero-order valence-corrected chi connectivity index (χ0v) is 14.2. The van der Waals surface area contributed by atoms with Gasteiger partial charge in [-0.15, -0.1) is 0 Å². The predicted octanol–water partition coefficient (Wildman–Crippen LogP) is 5.17. The van der Waals surface area contributed by atoms with E-state index in [1.807, 2.05) is 24.3 Å². The number of fused-ring (bicyclic) bond motifs is 1. The van der Waals surface area contributed by atoms with Crippen LogP contribution >= 0.6 is 0 Å². The number of rotatable bonds is 1. The SMILES string of the molecule is CC1(C)CCC(c2ccco2)O1.CC1COc2ccccc2C1. The summed E-state index contributed by atoms with van der Waals surface area (Å²) in [7, 11) is 0. The molecule has 0 spiro atoms. The first-order chi connectivity index (χ1) is 11.0. The molecule has 2 aliphatic rings. The fraction of sp³-hybridized carbons (Fsp3) is 0.500. The van der Waals surface area contributed by atoms with E-state index in [1.165, 1.54) is 5.56 Å². The smallest absolute Gasteiger partial charge is 0.132 e. The lowest BCUT2D eigenvalue weighted by Gasteiger charge is -2.21. The van der Waals surface area contributed by atoms with E-state index < -0.39 is 0 Å². The minimum absolute atomic E-state index is 0.0253. The molecule has 3 nitrogen and oxygen atoms in total. The molecular weight excluding hydrogens is 288 g/mol. The Hall–Kier alpha value is -1.74. The molecule has 1 aromatic carbocycles. The van der Waals surface area contributed by atoms with Gasteiger partial charge in [-0.1, -0.05) is 25.1 Å². The predicted molar refractivity (Wildman–Crippen MR) is 90.7 cm³/mol. The molecule has 124 valence electrons. The molecule has 3 heteroatoms. The summed E-state index contributed by atoms with van der Waals surface area (Å²) < 4.78 is 16.6. The molecule has 0 aliphatic carbocycles. The lowest BCUT2D eigenvalue weighted by atomic mass is 9.99. The molecule has 1 saturated heterocycles. The van der Waals surface area contributed by atoms with Crippen molar-refractivity contribution in [3.05, 3.63) is 54.0 Å².